The van der Waals surface area contributed by atoms with Crippen LogP contribution in [0.2, 0.25) is 0 Å². The van der Waals surface area contributed by atoms with E-state index >= 15 is 0 Å². The summed E-state index contributed by atoms with van der Waals surface area (Å²) in [5, 5.41) is 57.7. The Labute approximate surface area is 182 Å². The van der Waals surface area contributed by atoms with Crippen LogP contribution in [0.15, 0.2) is 24.3 Å². The SMILES string of the molecule is CC(=O)OCC(COC(=O)C=Cc1ccc(O)c(O)c1)OC1OC(CO)C(O)C(O)C1O. The monoisotopic (exact) mass is 458 g/mol. The highest BCUT2D eigenvalue weighted by molar-refractivity contribution is 5.87. The Morgan fingerprint density at radius 2 is 1.75 bits per heavy atom. The van der Waals surface area contributed by atoms with E-state index < -0.39 is 62.0 Å². The number of phenols is 2. The molecule has 32 heavy (non-hydrogen) atoms. The molecule has 0 bridgehead atoms. The van der Waals surface area contributed by atoms with Crippen LogP contribution in [-0.4, -0.2) is 99.2 Å². The summed E-state index contributed by atoms with van der Waals surface area (Å²) in [7, 11) is 0. The van der Waals surface area contributed by atoms with Crippen LogP contribution >= 0.6 is 0 Å². The van der Waals surface area contributed by atoms with Crippen LogP contribution in [0.25, 0.3) is 6.08 Å². The summed E-state index contributed by atoms with van der Waals surface area (Å²) in [6.07, 6.45) is -6.42. The van der Waals surface area contributed by atoms with Gasteiger partial charge in [0, 0.05) is 13.0 Å². The molecule has 1 fully saturated rings. The first-order valence-corrected chi connectivity index (χ1v) is 9.58. The molecule has 6 atom stereocenters. The lowest BCUT2D eigenvalue weighted by Crippen LogP contribution is -2.60. The number of esters is 2. The van der Waals surface area contributed by atoms with E-state index in [1.165, 1.54) is 24.3 Å². The number of hydrogen-bond acceptors (Lipinski definition) is 12. The van der Waals surface area contributed by atoms with Crippen LogP contribution < -0.4 is 0 Å². The Balaban J connectivity index is 1.98. The molecule has 0 saturated carbocycles. The number of hydrogen-bond donors (Lipinski definition) is 6. The molecule has 1 aliphatic heterocycles. The maximum atomic E-state index is 12.0. The van der Waals surface area contributed by atoms with Gasteiger partial charge in [0.25, 0.3) is 0 Å². The molecule has 0 radical (unpaired) electrons. The minimum absolute atomic E-state index is 0.316. The van der Waals surface area contributed by atoms with Gasteiger partial charge in [0.1, 0.15) is 43.7 Å². The van der Waals surface area contributed by atoms with Crippen molar-refractivity contribution in [2.75, 3.05) is 19.8 Å². The van der Waals surface area contributed by atoms with Crippen LogP contribution in [0.1, 0.15) is 12.5 Å². The zero-order valence-corrected chi connectivity index (χ0v) is 17.1. The van der Waals surface area contributed by atoms with E-state index in [-0.39, 0.29) is 18.1 Å². The molecule has 6 N–H and O–H groups in total. The Morgan fingerprint density at radius 3 is 2.38 bits per heavy atom. The van der Waals surface area contributed by atoms with Gasteiger partial charge in [0.05, 0.1) is 6.61 Å². The first-order valence-electron chi connectivity index (χ1n) is 9.58. The predicted molar refractivity (Wildman–Crippen MR) is 105 cm³/mol. The molecule has 0 aliphatic carbocycles. The van der Waals surface area contributed by atoms with Gasteiger partial charge in [-0.3, -0.25) is 4.79 Å². The maximum Gasteiger partial charge on any atom is 0.330 e. The number of phenolic OH excluding ortho intramolecular Hbond substituents is 2. The number of carbonyl (C=O) groups excluding carboxylic acids is 2. The lowest BCUT2D eigenvalue weighted by molar-refractivity contribution is -0.315. The molecule has 1 aromatic carbocycles. The molecule has 178 valence electrons. The number of ether oxygens (including phenoxy) is 4. The number of aliphatic hydroxyl groups excluding tert-OH is 4. The van der Waals surface area contributed by atoms with E-state index in [1.807, 2.05) is 0 Å². The number of benzene rings is 1. The molecule has 12 nitrogen and oxygen atoms in total. The molecule has 1 aliphatic rings. The van der Waals surface area contributed by atoms with Gasteiger partial charge in [-0.2, -0.15) is 0 Å². The predicted octanol–water partition coefficient (Wildman–Crippen LogP) is -1.60. The summed E-state index contributed by atoms with van der Waals surface area (Å²) < 4.78 is 20.6. The molecular formula is C20H26O12. The minimum atomic E-state index is -1.69. The van der Waals surface area contributed by atoms with E-state index in [4.69, 9.17) is 18.9 Å². The highest BCUT2D eigenvalue weighted by atomic mass is 16.7. The Hall–Kier alpha value is -2.74. The second kappa shape index (κ2) is 11.8. The van der Waals surface area contributed by atoms with E-state index in [2.05, 4.69) is 0 Å². The smallest absolute Gasteiger partial charge is 0.330 e. The first kappa shape index (κ1) is 25.5. The molecular weight excluding hydrogens is 432 g/mol. The zero-order chi connectivity index (χ0) is 23.8. The van der Waals surface area contributed by atoms with E-state index in [9.17, 15) is 40.2 Å². The molecule has 12 heteroatoms. The van der Waals surface area contributed by atoms with E-state index in [1.54, 1.807) is 0 Å². The second-order valence-corrected chi connectivity index (χ2v) is 6.97. The van der Waals surface area contributed by atoms with E-state index in [0.29, 0.717) is 5.56 Å². The van der Waals surface area contributed by atoms with Crippen molar-refractivity contribution in [1.29, 1.82) is 0 Å². The van der Waals surface area contributed by atoms with Crippen molar-refractivity contribution < 1.29 is 59.2 Å². The van der Waals surface area contributed by atoms with Crippen LogP contribution in [0, 0.1) is 0 Å². The topological polar surface area (TPSA) is 192 Å². The summed E-state index contributed by atoms with van der Waals surface area (Å²) in [5.74, 6) is -2.15. The third-order valence-electron chi connectivity index (χ3n) is 4.47. The van der Waals surface area contributed by atoms with Gasteiger partial charge < -0.3 is 49.6 Å². The summed E-state index contributed by atoms with van der Waals surface area (Å²) >= 11 is 0. The van der Waals surface area contributed by atoms with Crippen molar-refractivity contribution >= 4 is 18.0 Å². The molecule has 0 spiro atoms. The first-order chi connectivity index (χ1) is 15.1. The third kappa shape index (κ3) is 7.15. The Morgan fingerprint density at radius 1 is 1.06 bits per heavy atom. The molecule has 6 unspecified atom stereocenters. The second-order valence-electron chi connectivity index (χ2n) is 6.97. The van der Waals surface area contributed by atoms with Gasteiger partial charge in [-0.05, 0) is 23.8 Å². The van der Waals surface area contributed by atoms with Crippen molar-refractivity contribution in [2.45, 2.75) is 43.7 Å². The fourth-order valence-electron chi connectivity index (χ4n) is 2.74. The van der Waals surface area contributed by atoms with E-state index in [0.717, 1.165) is 13.0 Å². The van der Waals surface area contributed by atoms with Gasteiger partial charge in [0.2, 0.25) is 0 Å². The fraction of sp³-hybridized carbons (Fsp3) is 0.500. The van der Waals surface area contributed by atoms with Gasteiger partial charge in [-0.15, -0.1) is 0 Å². The van der Waals surface area contributed by atoms with Crippen molar-refractivity contribution in [1.82, 2.24) is 0 Å². The van der Waals surface area contributed by atoms with Gasteiger partial charge in [-0.1, -0.05) is 6.07 Å². The number of aromatic hydroxyl groups is 2. The third-order valence-corrected chi connectivity index (χ3v) is 4.47. The van der Waals surface area contributed by atoms with Crippen molar-refractivity contribution in [3.8, 4) is 11.5 Å². The average molecular weight is 458 g/mol. The molecule has 2 rings (SSSR count). The normalized spacial score (nSPS) is 26.6. The van der Waals surface area contributed by atoms with Crippen molar-refractivity contribution in [3.63, 3.8) is 0 Å². The summed E-state index contributed by atoms with van der Waals surface area (Å²) in [6, 6.07) is 3.92. The van der Waals surface area contributed by atoms with Gasteiger partial charge >= 0.3 is 11.9 Å². The maximum absolute atomic E-state index is 12.0. The summed E-state index contributed by atoms with van der Waals surface area (Å²) in [6.45, 7) is -0.335. The Bertz CT molecular complexity index is 808. The Kier molecular flexibility index (Phi) is 9.38. The highest BCUT2D eigenvalue weighted by Crippen LogP contribution is 2.25. The van der Waals surface area contributed by atoms with Crippen LogP contribution in [0.4, 0.5) is 0 Å². The summed E-state index contributed by atoms with van der Waals surface area (Å²) in [5.41, 5.74) is 0.409. The number of carbonyl (C=O) groups is 2. The molecule has 0 amide bonds. The molecule has 1 heterocycles. The average Bonchev–Trinajstić information content (AvgIpc) is 2.76. The largest absolute Gasteiger partial charge is 0.504 e. The standard InChI is InChI=1S/C20H26O12/c1-10(22)29-8-12(31-20-19(28)18(27)17(26)15(7-21)32-20)9-30-16(25)5-3-11-2-4-13(23)14(24)6-11/h2-6,12,15,17-21,23-24,26-28H,7-9H2,1H3. The van der Waals surface area contributed by atoms with Crippen molar-refractivity contribution in [2.24, 2.45) is 0 Å². The van der Waals surface area contributed by atoms with Crippen molar-refractivity contribution in [3.05, 3.63) is 29.8 Å². The minimum Gasteiger partial charge on any atom is -0.504 e. The quantitative estimate of drug-likeness (QED) is 0.141. The van der Waals surface area contributed by atoms with Crippen LogP contribution in [-0.2, 0) is 28.5 Å². The molecule has 1 saturated heterocycles. The zero-order valence-electron chi connectivity index (χ0n) is 17.1. The molecule has 1 aromatic rings. The number of rotatable bonds is 9. The highest BCUT2D eigenvalue weighted by Gasteiger charge is 2.45. The fourth-order valence-corrected chi connectivity index (χ4v) is 2.74. The summed E-state index contributed by atoms with van der Waals surface area (Å²) in [4.78, 5) is 23.1. The number of aliphatic hydroxyl groups is 4. The lowest BCUT2D eigenvalue weighted by Gasteiger charge is -2.40. The van der Waals surface area contributed by atoms with Gasteiger partial charge in [-0.25, -0.2) is 4.79 Å². The van der Waals surface area contributed by atoms with Gasteiger partial charge in [0.15, 0.2) is 17.8 Å². The van der Waals surface area contributed by atoms with Crippen LogP contribution in [0.3, 0.4) is 0 Å². The molecule has 0 aromatic heterocycles. The van der Waals surface area contributed by atoms with Crippen LogP contribution in [0.5, 0.6) is 11.5 Å². The lowest BCUT2D eigenvalue weighted by atomic mass is 9.99.